The second kappa shape index (κ2) is 4.71. The van der Waals surface area contributed by atoms with E-state index in [1.54, 1.807) is 7.11 Å². The van der Waals surface area contributed by atoms with Crippen molar-refractivity contribution in [1.82, 2.24) is 0 Å². The van der Waals surface area contributed by atoms with Gasteiger partial charge in [0.2, 0.25) is 0 Å². The monoisotopic (exact) mass is 211 g/mol. The molecule has 2 rings (SSSR count). The minimum absolute atomic E-state index is 0. The van der Waals surface area contributed by atoms with Crippen LogP contribution >= 0.6 is 13.5 Å². The molecular weight excluding hydrogens is 194 g/mol. The highest BCUT2D eigenvalue weighted by Crippen LogP contribution is 2.30. The molecule has 0 aliphatic carbocycles. The molecule has 14 heavy (non-hydrogen) atoms. The fourth-order valence-corrected chi connectivity index (χ4v) is 1.98. The molecule has 3 heteroatoms. The summed E-state index contributed by atoms with van der Waals surface area (Å²) < 4.78 is 5.19. The van der Waals surface area contributed by atoms with Crippen molar-refractivity contribution in [3.05, 3.63) is 29.8 Å². The lowest BCUT2D eigenvalue weighted by Gasteiger charge is -2.21. The number of nitrogens with zero attached hydrogens (tertiary/aromatic N) is 1. The van der Waals surface area contributed by atoms with E-state index >= 15 is 0 Å². The Balaban J connectivity index is 0.000000980. The molecule has 1 atom stereocenters. The second-order valence-corrected chi connectivity index (χ2v) is 3.55. The predicted molar refractivity (Wildman–Crippen MR) is 64.6 cm³/mol. The van der Waals surface area contributed by atoms with Gasteiger partial charge in [0.05, 0.1) is 12.6 Å². The summed E-state index contributed by atoms with van der Waals surface area (Å²) in [6.07, 6.45) is 1.11. The molecular formula is C11H17NOS. The summed E-state index contributed by atoms with van der Waals surface area (Å²) in [5.41, 5.74) is 2.79. The highest BCUT2D eigenvalue weighted by Gasteiger charge is 2.25. The first-order valence-electron chi connectivity index (χ1n) is 4.62. The zero-order chi connectivity index (χ0) is 9.26. The summed E-state index contributed by atoms with van der Waals surface area (Å²) in [7, 11) is 3.90. The van der Waals surface area contributed by atoms with Crippen LogP contribution in [0, 0.1) is 0 Å². The average Bonchev–Trinajstić information content (AvgIpc) is 2.46. The maximum atomic E-state index is 5.19. The van der Waals surface area contributed by atoms with Gasteiger partial charge in [-0.3, -0.25) is 0 Å². The molecule has 0 fully saturated rings. The Morgan fingerprint density at radius 2 is 2.14 bits per heavy atom. The van der Waals surface area contributed by atoms with Crippen LogP contribution in [0.15, 0.2) is 24.3 Å². The maximum absolute atomic E-state index is 5.19. The normalized spacial score (nSPS) is 19.0. The van der Waals surface area contributed by atoms with Crippen molar-refractivity contribution in [3.63, 3.8) is 0 Å². The first kappa shape index (κ1) is 11.4. The van der Waals surface area contributed by atoms with E-state index in [0.717, 1.165) is 13.0 Å². The number of hydrogen-bond donors (Lipinski definition) is 0. The van der Waals surface area contributed by atoms with Crippen LogP contribution in [0.25, 0.3) is 0 Å². The van der Waals surface area contributed by atoms with Crippen LogP contribution in [-0.2, 0) is 11.2 Å². The van der Waals surface area contributed by atoms with Gasteiger partial charge in [-0.25, -0.2) is 0 Å². The Labute approximate surface area is 92.3 Å². The molecule has 0 saturated carbocycles. The molecule has 0 amide bonds. The van der Waals surface area contributed by atoms with E-state index in [9.17, 15) is 0 Å². The van der Waals surface area contributed by atoms with Crippen molar-refractivity contribution in [3.8, 4) is 0 Å². The molecule has 78 valence electrons. The number of para-hydroxylation sites is 1. The lowest BCUT2D eigenvalue weighted by molar-refractivity contribution is 0.180. The molecule has 1 aromatic carbocycles. The van der Waals surface area contributed by atoms with Crippen LogP contribution in [0.1, 0.15) is 5.56 Å². The van der Waals surface area contributed by atoms with Crippen LogP contribution < -0.4 is 4.90 Å². The summed E-state index contributed by atoms with van der Waals surface area (Å²) in [6, 6.07) is 9.07. The van der Waals surface area contributed by atoms with Gasteiger partial charge in [-0.1, -0.05) is 18.2 Å². The summed E-state index contributed by atoms with van der Waals surface area (Å²) in [5, 5.41) is 0. The number of fused-ring (bicyclic) bond motifs is 1. The molecule has 1 aliphatic rings. The van der Waals surface area contributed by atoms with E-state index in [4.69, 9.17) is 4.74 Å². The number of rotatable bonds is 2. The second-order valence-electron chi connectivity index (χ2n) is 3.55. The predicted octanol–water partition coefficient (Wildman–Crippen LogP) is 1.81. The molecule has 0 aromatic heterocycles. The fourth-order valence-electron chi connectivity index (χ4n) is 1.98. The van der Waals surface area contributed by atoms with E-state index in [0.29, 0.717) is 6.04 Å². The van der Waals surface area contributed by atoms with E-state index in [-0.39, 0.29) is 13.5 Å². The van der Waals surface area contributed by atoms with Gasteiger partial charge in [0, 0.05) is 19.8 Å². The Hall–Kier alpha value is -0.670. The van der Waals surface area contributed by atoms with Gasteiger partial charge >= 0.3 is 0 Å². The summed E-state index contributed by atoms with van der Waals surface area (Å²) >= 11 is 0. The Morgan fingerprint density at radius 1 is 1.43 bits per heavy atom. The molecule has 0 N–H and O–H groups in total. The topological polar surface area (TPSA) is 12.5 Å². The third kappa shape index (κ3) is 1.88. The number of anilines is 1. The lowest BCUT2D eigenvalue weighted by atomic mass is 10.1. The molecule has 1 aromatic rings. The number of benzene rings is 1. The van der Waals surface area contributed by atoms with Crippen molar-refractivity contribution in [1.29, 1.82) is 0 Å². The zero-order valence-electron chi connectivity index (χ0n) is 8.66. The number of likely N-dealkylation sites (N-methyl/N-ethyl adjacent to an activating group) is 1. The highest BCUT2D eigenvalue weighted by molar-refractivity contribution is 7.59. The molecule has 0 spiro atoms. The van der Waals surface area contributed by atoms with Crippen LogP contribution in [0.3, 0.4) is 0 Å². The third-order valence-electron chi connectivity index (χ3n) is 2.73. The Bertz CT molecular complexity index is 303. The summed E-state index contributed by atoms with van der Waals surface area (Å²) in [6.45, 7) is 0.811. The first-order chi connectivity index (χ1) is 6.33. The standard InChI is InChI=1S/C11H15NO.H2S/c1-12-10(8-13-2)7-9-5-3-4-6-11(9)12;/h3-6,10H,7-8H2,1-2H3;1H2/t10-;/m0./s1. The van der Waals surface area contributed by atoms with E-state index in [2.05, 4.69) is 36.2 Å². The van der Waals surface area contributed by atoms with E-state index in [1.807, 2.05) is 0 Å². The van der Waals surface area contributed by atoms with Crippen molar-refractivity contribution in [2.45, 2.75) is 12.5 Å². The molecule has 1 heterocycles. The minimum atomic E-state index is 0. The smallest absolute Gasteiger partial charge is 0.0669 e. The first-order valence-corrected chi connectivity index (χ1v) is 4.62. The lowest BCUT2D eigenvalue weighted by Crippen LogP contribution is -2.31. The van der Waals surface area contributed by atoms with Crippen molar-refractivity contribution in [2.75, 3.05) is 25.7 Å². The van der Waals surface area contributed by atoms with E-state index in [1.165, 1.54) is 11.3 Å². The van der Waals surface area contributed by atoms with Crippen molar-refractivity contribution >= 4 is 19.2 Å². The van der Waals surface area contributed by atoms with Gasteiger partial charge in [0.1, 0.15) is 0 Å². The Kier molecular flexibility index (Phi) is 3.84. The van der Waals surface area contributed by atoms with Crippen LogP contribution in [-0.4, -0.2) is 26.8 Å². The maximum Gasteiger partial charge on any atom is 0.0669 e. The quantitative estimate of drug-likeness (QED) is 0.739. The van der Waals surface area contributed by atoms with Gasteiger partial charge in [0.15, 0.2) is 0 Å². The fraction of sp³-hybridized carbons (Fsp3) is 0.455. The van der Waals surface area contributed by atoms with Gasteiger partial charge in [-0.05, 0) is 18.1 Å². The molecule has 0 unspecified atom stereocenters. The molecule has 0 radical (unpaired) electrons. The van der Waals surface area contributed by atoms with Crippen LogP contribution in [0.5, 0.6) is 0 Å². The van der Waals surface area contributed by atoms with Gasteiger partial charge in [0.25, 0.3) is 0 Å². The highest BCUT2D eigenvalue weighted by atomic mass is 32.1. The largest absolute Gasteiger partial charge is 0.383 e. The van der Waals surface area contributed by atoms with Gasteiger partial charge < -0.3 is 9.64 Å². The van der Waals surface area contributed by atoms with Crippen molar-refractivity contribution < 1.29 is 4.74 Å². The van der Waals surface area contributed by atoms with E-state index < -0.39 is 0 Å². The minimum Gasteiger partial charge on any atom is -0.383 e. The number of hydrogen-bond acceptors (Lipinski definition) is 2. The van der Waals surface area contributed by atoms with Crippen molar-refractivity contribution in [2.24, 2.45) is 0 Å². The molecule has 2 nitrogen and oxygen atoms in total. The SMILES string of the molecule is COC[C@@H]1Cc2ccccc2N1C.S. The Morgan fingerprint density at radius 3 is 2.79 bits per heavy atom. The molecule has 0 saturated heterocycles. The van der Waals surface area contributed by atoms with Crippen LogP contribution in [0.2, 0.25) is 0 Å². The van der Waals surface area contributed by atoms with Crippen LogP contribution in [0.4, 0.5) is 5.69 Å². The molecule has 0 bridgehead atoms. The molecule has 1 aliphatic heterocycles. The third-order valence-corrected chi connectivity index (χ3v) is 2.73. The number of methoxy groups -OCH3 is 1. The average molecular weight is 211 g/mol. The zero-order valence-corrected chi connectivity index (χ0v) is 9.66. The van der Waals surface area contributed by atoms with Gasteiger partial charge in [-0.15, -0.1) is 0 Å². The van der Waals surface area contributed by atoms with Gasteiger partial charge in [-0.2, -0.15) is 13.5 Å². The number of ether oxygens (including phenoxy) is 1. The summed E-state index contributed by atoms with van der Waals surface area (Å²) in [5.74, 6) is 0. The summed E-state index contributed by atoms with van der Waals surface area (Å²) in [4.78, 5) is 2.30.